The molecule has 0 aromatic heterocycles. The first-order chi connectivity index (χ1) is 8.26. The van der Waals surface area contributed by atoms with E-state index in [-0.39, 0.29) is 5.91 Å². The highest BCUT2D eigenvalue weighted by molar-refractivity contribution is 5.91. The van der Waals surface area contributed by atoms with Gasteiger partial charge in [0, 0.05) is 19.7 Å². The summed E-state index contributed by atoms with van der Waals surface area (Å²) >= 11 is 0. The number of rotatable bonds is 4. The Morgan fingerprint density at radius 3 is 2.53 bits per heavy atom. The fraction of sp³-hybridized carbons (Fsp3) is 0.308. The summed E-state index contributed by atoms with van der Waals surface area (Å²) in [6, 6.07) is 9.79. The molecular weight excluding hydrogens is 218 g/mol. The number of hydrogen-bond donors (Lipinski definition) is 0. The quantitative estimate of drug-likeness (QED) is 0.791. The Labute approximate surface area is 100 Å². The number of hydrogen-bond acceptors (Lipinski definition) is 3. The number of benzene rings is 1. The Bertz CT molecular complexity index is 428. The highest BCUT2D eigenvalue weighted by atomic mass is 16.5. The Balaban J connectivity index is 2.14. The van der Waals surface area contributed by atoms with Gasteiger partial charge in [0.15, 0.2) is 12.0 Å². The molecule has 1 unspecified atom stereocenters. The van der Waals surface area contributed by atoms with Gasteiger partial charge in [-0.2, -0.15) is 0 Å². The van der Waals surface area contributed by atoms with E-state index < -0.39 is 6.23 Å². The number of carbonyl (C=O) groups excluding carboxylic acids is 1. The summed E-state index contributed by atoms with van der Waals surface area (Å²) in [4.78, 5) is 13.4. The van der Waals surface area contributed by atoms with E-state index in [1.165, 1.54) is 13.2 Å². The van der Waals surface area contributed by atoms with Crippen molar-refractivity contribution in [2.45, 2.75) is 12.8 Å². The smallest absolute Gasteiger partial charge is 0.252 e. The van der Waals surface area contributed by atoms with E-state index >= 15 is 0 Å². The lowest BCUT2D eigenvalue weighted by molar-refractivity contribution is -0.134. The Kier molecular flexibility index (Phi) is 3.44. The van der Waals surface area contributed by atoms with E-state index in [0.717, 1.165) is 5.56 Å². The normalized spacial score (nSPS) is 19.4. The van der Waals surface area contributed by atoms with Crippen molar-refractivity contribution in [1.82, 2.24) is 4.90 Å². The number of methoxy groups -OCH3 is 2. The summed E-state index contributed by atoms with van der Waals surface area (Å²) in [5.41, 5.74) is 1.06. The van der Waals surface area contributed by atoms with Gasteiger partial charge in [-0.15, -0.1) is 0 Å². The monoisotopic (exact) mass is 233 g/mol. The third-order valence-electron chi connectivity index (χ3n) is 2.73. The van der Waals surface area contributed by atoms with Gasteiger partial charge in [-0.1, -0.05) is 30.3 Å². The fourth-order valence-corrected chi connectivity index (χ4v) is 1.89. The van der Waals surface area contributed by atoms with Gasteiger partial charge in [0.05, 0.1) is 7.11 Å². The van der Waals surface area contributed by atoms with Crippen LogP contribution in [0, 0.1) is 0 Å². The van der Waals surface area contributed by atoms with Crippen LogP contribution in [0.1, 0.15) is 5.56 Å². The predicted octanol–water partition coefficient (Wildman–Crippen LogP) is 1.53. The van der Waals surface area contributed by atoms with Gasteiger partial charge in [0.2, 0.25) is 0 Å². The van der Waals surface area contributed by atoms with Gasteiger partial charge < -0.3 is 14.4 Å². The average molecular weight is 233 g/mol. The molecule has 0 spiro atoms. The first-order valence-corrected chi connectivity index (χ1v) is 5.39. The average Bonchev–Trinajstić information content (AvgIpc) is 2.67. The van der Waals surface area contributed by atoms with Crippen molar-refractivity contribution >= 4 is 5.91 Å². The number of nitrogens with zero attached hydrogens (tertiary/aromatic N) is 1. The summed E-state index contributed by atoms with van der Waals surface area (Å²) in [6.45, 7) is 0.515. The second kappa shape index (κ2) is 5.01. The van der Waals surface area contributed by atoms with Crippen LogP contribution in [0.3, 0.4) is 0 Å². The summed E-state index contributed by atoms with van der Waals surface area (Å²) in [6.07, 6.45) is 1.05. The summed E-state index contributed by atoms with van der Waals surface area (Å²) in [5, 5.41) is 0. The van der Waals surface area contributed by atoms with E-state index in [1.807, 2.05) is 30.3 Å². The van der Waals surface area contributed by atoms with Gasteiger partial charge in [-0.3, -0.25) is 4.79 Å². The van der Waals surface area contributed by atoms with Crippen LogP contribution in [0.5, 0.6) is 0 Å². The molecule has 0 bridgehead atoms. The van der Waals surface area contributed by atoms with Crippen LogP contribution in [0.25, 0.3) is 0 Å². The molecular formula is C13H15NO3. The van der Waals surface area contributed by atoms with Gasteiger partial charge in [-0.05, 0) is 5.56 Å². The van der Waals surface area contributed by atoms with Crippen molar-refractivity contribution in [3.05, 3.63) is 47.7 Å². The third kappa shape index (κ3) is 2.31. The van der Waals surface area contributed by atoms with Crippen LogP contribution in [0.4, 0.5) is 0 Å². The molecule has 0 radical (unpaired) electrons. The minimum Gasteiger partial charge on any atom is -0.496 e. The summed E-state index contributed by atoms with van der Waals surface area (Å²) < 4.78 is 10.4. The zero-order chi connectivity index (χ0) is 12.3. The van der Waals surface area contributed by atoms with Gasteiger partial charge in [0.25, 0.3) is 5.91 Å². The van der Waals surface area contributed by atoms with Crippen molar-refractivity contribution < 1.29 is 14.3 Å². The van der Waals surface area contributed by atoms with Crippen LogP contribution in [-0.2, 0) is 20.8 Å². The number of carbonyl (C=O) groups is 1. The van der Waals surface area contributed by atoms with Gasteiger partial charge in [0.1, 0.15) is 0 Å². The van der Waals surface area contributed by atoms with Gasteiger partial charge in [-0.25, -0.2) is 0 Å². The molecule has 0 aliphatic carbocycles. The van der Waals surface area contributed by atoms with Crippen molar-refractivity contribution in [1.29, 1.82) is 0 Å². The summed E-state index contributed by atoms with van der Waals surface area (Å²) in [7, 11) is 3.10. The van der Waals surface area contributed by atoms with Crippen LogP contribution >= 0.6 is 0 Å². The van der Waals surface area contributed by atoms with Crippen molar-refractivity contribution in [2.75, 3.05) is 14.2 Å². The lowest BCUT2D eigenvalue weighted by Gasteiger charge is -2.25. The third-order valence-corrected chi connectivity index (χ3v) is 2.73. The van der Waals surface area contributed by atoms with Crippen molar-refractivity contribution in [3.63, 3.8) is 0 Å². The maximum atomic E-state index is 11.8. The minimum absolute atomic E-state index is 0.0856. The van der Waals surface area contributed by atoms with Gasteiger partial charge >= 0.3 is 0 Å². The van der Waals surface area contributed by atoms with E-state index in [4.69, 9.17) is 9.47 Å². The van der Waals surface area contributed by atoms with Crippen LogP contribution < -0.4 is 0 Å². The molecule has 90 valence electrons. The second-order valence-corrected chi connectivity index (χ2v) is 3.79. The second-order valence-electron chi connectivity index (χ2n) is 3.79. The van der Waals surface area contributed by atoms with Crippen LogP contribution in [0.2, 0.25) is 0 Å². The number of amides is 1. The van der Waals surface area contributed by atoms with Crippen LogP contribution in [0.15, 0.2) is 42.2 Å². The lowest BCUT2D eigenvalue weighted by Crippen LogP contribution is -2.36. The highest BCUT2D eigenvalue weighted by Crippen LogP contribution is 2.22. The maximum Gasteiger partial charge on any atom is 0.252 e. The van der Waals surface area contributed by atoms with E-state index in [0.29, 0.717) is 12.3 Å². The standard InChI is InChI=1S/C13H15NO3/c1-16-11-8-12(15)14(13(11)17-2)9-10-6-4-3-5-7-10/h3-8,13H,9H2,1-2H3. The lowest BCUT2D eigenvalue weighted by atomic mass is 10.2. The minimum atomic E-state index is -0.423. The molecule has 1 atom stereocenters. The highest BCUT2D eigenvalue weighted by Gasteiger charge is 2.33. The largest absolute Gasteiger partial charge is 0.496 e. The van der Waals surface area contributed by atoms with E-state index in [2.05, 4.69) is 0 Å². The Morgan fingerprint density at radius 1 is 1.24 bits per heavy atom. The molecule has 1 aliphatic rings. The molecule has 0 N–H and O–H groups in total. The first kappa shape index (κ1) is 11.7. The molecule has 17 heavy (non-hydrogen) atoms. The molecule has 0 saturated heterocycles. The molecule has 1 aliphatic heterocycles. The fourth-order valence-electron chi connectivity index (χ4n) is 1.89. The maximum absolute atomic E-state index is 11.8. The summed E-state index contributed by atoms with van der Waals surface area (Å²) in [5.74, 6) is 0.464. The Morgan fingerprint density at radius 2 is 1.94 bits per heavy atom. The molecule has 1 amide bonds. The predicted molar refractivity (Wildman–Crippen MR) is 62.9 cm³/mol. The molecule has 0 fully saturated rings. The topological polar surface area (TPSA) is 38.8 Å². The number of ether oxygens (including phenoxy) is 2. The molecule has 0 saturated carbocycles. The molecule has 2 rings (SSSR count). The van der Waals surface area contributed by atoms with Crippen LogP contribution in [-0.4, -0.2) is 31.3 Å². The van der Waals surface area contributed by atoms with E-state index in [1.54, 1.807) is 12.0 Å². The molecule has 4 nitrogen and oxygen atoms in total. The first-order valence-electron chi connectivity index (χ1n) is 5.39. The Hall–Kier alpha value is -1.81. The zero-order valence-electron chi connectivity index (χ0n) is 9.92. The SMILES string of the molecule is COC1=CC(=O)N(Cc2ccccc2)C1OC. The van der Waals surface area contributed by atoms with E-state index in [9.17, 15) is 4.79 Å². The molecule has 1 heterocycles. The zero-order valence-corrected chi connectivity index (χ0v) is 9.92. The van der Waals surface area contributed by atoms with Crippen molar-refractivity contribution in [3.8, 4) is 0 Å². The van der Waals surface area contributed by atoms with Crippen molar-refractivity contribution in [2.24, 2.45) is 0 Å². The molecule has 1 aromatic rings. The molecule has 4 heteroatoms. The molecule has 1 aromatic carbocycles.